The summed E-state index contributed by atoms with van der Waals surface area (Å²) in [6.45, 7) is 2.29. The van der Waals surface area contributed by atoms with Crippen molar-refractivity contribution >= 4 is 18.0 Å². The minimum Gasteiger partial charge on any atom is -0.480 e. The zero-order chi connectivity index (χ0) is 26.9. The number of carboxylic acids is 1. The van der Waals surface area contributed by atoms with Crippen molar-refractivity contribution in [3.05, 3.63) is 95.6 Å². The van der Waals surface area contributed by atoms with Crippen LogP contribution in [-0.2, 0) is 25.7 Å². The van der Waals surface area contributed by atoms with Crippen LogP contribution in [0, 0.1) is 0 Å². The third-order valence-electron chi connectivity index (χ3n) is 6.60. The molecule has 0 saturated carbocycles. The number of aliphatic carboxylic acids is 1. The Hall–Kier alpha value is -4.17. The van der Waals surface area contributed by atoms with E-state index in [9.17, 15) is 19.5 Å². The van der Waals surface area contributed by atoms with Crippen molar-refractivity contribution in [2.45, 2.75) is 44.4 Å². The standard InChI is InChI=1S/C30H32N2O6/c1-20(37-18-21-10-3-2-4-11-21)28(29(34)35)32-27(33)16-9-17-31-30(36)38-19-26-24-14-7-5-12-22(24)23-13-6-8-15-25(23)26/h2-8,10-15,20,26,28H,9,16-19H2,1H3,(H,31,36)(H,32,33)(H,34,35)/t20-,28+/m0/s1. The van der Waals surface area contributed by atoms with Crippen molar-refractivity contribution in [1.29, 1.82) is 0 Å². The van der Waals surface area contributed by atoms with Crippen molar-refractivity contribution in [3.63, 3.8) is 0 Å². The highest BCUT2D eigenvalue weighted by Gasteiger charge is 2.29. The van der Waals surface area contributed by atoms with Gasteiger partial charge in [-0.1, -0.05) is 78.9 Å². The Morgan fingerprint density at radius 3 is 2.13 bits per heavy atom. The maximum absolute atomic E-state index is 12.3. The molecule has 2 amide bonds. The molecule has 3 aromatic carbocycles. The zero-order valence-electron chi connectivity index (χ0n) is 21.3. The molecule has 1 aliphatic carbocycles. The number of hydrogen-bond acceptors (Lipinski definition) is 5. The number of carbonyl (C=O) groups is 3. The molecule has 3 aromatic rings. The van der Waals surface area contributed by atoms with Gasteiger partial charge in [-0.05, 0) is 41.2 Å². The average molecular weight is 517 g/mol. The number of fused-ring (bicyclic) bond motifs is 3. The Kier molecular flexibility index (Phi) is 9.11. The lowest BCUT2D eigenvalue weighted by Crippen LogP contribution is -2.48. The van der Waals surface area contributed by atoms with Crippen LogP contribution in [0.15, 0.2) is 78.9 Å². The number of nitrogens with one attached hydrogen (secondary N) is 2. The van der Waals surface area contributed by atoms with Crippen LogP contribution < -0.4 is 10.6 Å². The summed E-state index contributed by atoms with van der Waals surface area (Å²) in [7, 11) is 0. The van der Waals surface area contributed by atoms with Crippen LogP contribution in [0.4, 0.5) is 4.79 Å². The molecular weight excluding hydrogens is 484 g/mol. The summed E-state index contributed by atoms with van der Waals surface area (Å²) in [5.74, 6) is -1.63. The number of hydrogen-bond donors (Lipinski definition) is 3. The summed E-state index contributed by atoms with van der Waals surface area (Å²) < 4.78 is 11.1. The molecule has 38 heavy (non-hydrogen) atoms. The maximum Gasteiger partial charge on any atom is 0.407 e. The Morgan fingerprint density at radius 1 is 0.895 bits per heavy atom. The molecule has 0 aromatic heterocycles. The van der Waals surface area contributed by atoms with Gasteiger partial charge < -0.3 is 25.2 Å². The minimum absolute atomic E-state index is 0.0296. The molecule has 0 bridgehead atoms. The van der Waals surface area contributed by atoms with Gasteiger partial charge in [-0.3, -0.25) is 4.79 Å². The Balaban J connectivity index is 1.17. The van der Waals surface area contributed by atoms with Crippen LogP contribution in [0.2, 0.25) is 0 Å². The van der Waals surface area contributed by atoms with E-state index in [1.54, 1.807) is 6.92 Å². The summed E-state index contributed by atoms with van der Waals surface area (Å²) in [5, 5.41) is 14.7. The number of rotatable bonds is 12. The van der Waals surface area contributed by atoms with E-state index >= 15 is 0 Å². The molecule has 4 rings (SSSR count). The van der Waals surface area contributed by atoms with Crippen LogP contribution in [-0.4, -0.2) is 48.4 Å². The summed E-state index contributed by atoms with van der Waals surface area (Å²) in [6, 6.07) is 24.4. The summed E-state index contributed by atoms with van der Waals surface area (Å²) in [6.07, 6.45) is -0.894. The van der Waals surface area contributed by atoms with E-state index < -0.39 is 30.1 Å². The second-order valence-corrected chi connectivity index (χ2v) is 9.24. The normalized spacial score (nSPS) is 13.6. The van der Waals surface area contributed by atoms with Crippen molar-refractivity contribution in [2.24, 2.45) is 0 Å². The summed E-state index contributed by atoms with van der Waals surface area (Å²) >= 11 is 0. The van der Waals surface area contributed by atoms with E-state index in [0.29, 0.717) is 6.42 Å². The largest absolute Gasteiger partial charge is 0.480 e. The van der Waals surface area contributed by atoms with Gasteiger partial charge >= 0.3 is 12.1 Å². The lowest BCUT2D eigenvalue weighted by atomic mass is 9.98. The molecule has 0 spiro atoms. The Morgan fingerprint density at radius 2 is 1.50 bits per heavy atom. The molecule has 0 saturated heterocycles. The van der Waals surface area contributed by atoms with E-state index in [0.717, 1.165) is 27.8 Å². The molecule has 198 valence electrons. The highest BCUT2D eigenvalue weighted by Crippen LogP contribution is 2.44. The van der Waals surface area contributed by atoms with Gasteiger partial charge in [0.05, 0.1) is 12.7 Å². The molecule has 3 N–H and O–H groups in total. The third-order valence-corrected chi connectivity index (χ3v) is 6.60. The zero-order valence-corrected chi connectivity index (χ0v) is 21.3. The Bertz CT molecular complexity index is 1220. The second kappa shape index (κ2) is 12.9. The molecule has 0 fully saturated rings. The van der Waals surface area contributed by atoms with Crippen molar-refractivity contribution in [2.75, 3.05) is 13.2 Å². The van der Waals surface area contributed by atoms with Crippen molar-refractivity contribution < 1.29 is 29.0 Å². The molecule has 0 unspecified atom stereocenters. The maximum atomic E-state index is 12.3. The average Bonchev–Trinajstić information content (AvgIpc) is 3.25. The van der Waals surface area contributed by atoms with E-state index in [1.807, 2.05) is 54.6 Å². The van der Waals surface area contributed by atoms with Gasteiger partial charge in [-0.2, -0.15) is 0 Å². The first-order valence-corrected chi connectivity index (χ1v) is 12.7. The molecule has 8 heteroatoms. The van der Waals surface area contributed by atoms with Crippen LogP contribution in [0.3, 0.4) is 0 Å². The number of amides is 2. The fourth-order valence-corrected chi connectivity index (χ4v) is 4.61. The van der Waals surface area contributed by atoms with Crippen LogP contribution >= 0.6 is 0 Å². The summed E-state index contributed by atoms with van der Waals surface area (Å²) in [4.78, 5) is 36.3. The van der Waals surface area contributed by atoms with Crippen LogP contribution in [0.1, 0.15) is 42.4 Å². The molecule has 0 radical (unpaired) electrons. The highest BCUT2D eigenvalue weighted by atomic mass is 16.5. The minimum atomic E-state index is -1.18. The number of benzene rings is 3. The first kappa shape index (κ1) is 26.9. The summed E-state index contributed by atoms with van der Waals surface area (Å²) in [5.41, 5.74) is 5.49. The molecule has 1 aliphatic rings. The van der Waals surface area contributed by atoms with E-state index in [4.69, 9.17) is 9.47 Å². The van der Waals surface area contributed by atoms with E-state index in [-0.39, 0.29) is 32.1 Å². The van der Waals surface area contributed by atoms with E-state index in [1.165, 1.54) is 0 Å². The smallest absolute Gasteiger partial charge is 0.407 e. The van der Waals surface area contributed by atoms with Gasteiger partial charge in [0.1, 0.15) is 6.61 Å². The third kappa shape index (κ3) is 6.77. The van der Waals surface area contributed by atoms with Crippen molar-refractivity contribution in [1.82, 2.24) is 10.6 Å². The number of ether oxygens (including phenoxy) is 2. The predicted octanol–water partition coefficient (Wildman–Crippen LogP) is 4.48. The van der Waals surface area contributed by atoms with Gasteiger partial charge in [0.15, 0.2) is 6.04 Å². The number of alkyl carbamates (subject to hydrolysis) is 1. The van der Waals surface area contributed by atoms with Gasteiger partial charge in [0.2, 0.25) is 5.91 Å². The monoisotopic (exact) mass is 516 g/mol. The van der Waals surface area contributed by atoms with Gasteiger partial charge in [-0.25, -0.2) is 9.59 Å². The van der Waals surface area contributed by atoms with E-state index in [2.05, 4.69) is 34.9 Å². The second-order valence-electron chi connectivity index (χ2n) is 9.24. The topological polar surface area (TPSA) is 114 Å². The number of carboxylic acid groups (broad SMARTS) is 1. The fourth-order valence-electron chi connectivity index (χ4n) is 4.61. The SMILES string of the molecule is C[C@H](OCc1ccccc1)[C@@H](NC(=O)CCCNC(=O)OCC1c2ccccc2-c2ccccc21)C(=O)O. The number of carbonyl (C=O) groups excluding carboxylic acids is 2. The van der Waals surface area contributed by atoms with Gasteiger partial charge in [0.25, 0.3) is 0 Å². The highest BCUT2D eigenvalue weighted by molar-refractivity contribution is 5.84. The quantitative estimate of drug-likeness (QED) is 0.306. The van der Waals surface area contributed by atoms with Crippen LogP contribution in [0.5, 0.6) is 0 Å². The molecule has 0 heterocycles. The lowest BCUT2D eigenvalue weighted by Gasteiger charge is -2.22. The lowest BCUT2D eigenvalue weighted by molar-refractivity contribution is -0.146. The molecule has 2 atom stereocenters. The van der Waals surface area contributed by atoms with Gasteiger partial charge in [0, 0.05) is 18.9 Å². The molecule has 8 nitrogen and oxygen atoms in total. The van der Waals surface area contributed by atoms with Crippen molar-refractivity contribution in [3.8, 4) is 11.1 Å². The Labute approximate surface area is 222 Å². The first-order valence-electron chi connectivity index (χ1n) is 12.7. The molecule has 0 aliphatic heterocycles. The molecular formula is C30H32N2O6. The first-order chi connectivity index (χ1) is 18.4. The van der Waals surface area contributed by atoms with Crippen LogP contribution in [0.25, 0.3) is 11.1 Å². The predicted molar refractivity (Wildman–Crippen MR) is 143 cm³/mol. The van der Waals surface area contributed by atoms with Gasteiger partial charge in [-0.15, -0.1) is 0 Å². The fraction of sp³-hybridized carbons (Fsp3) is 0.300.